The van der Waals surface area contributed by atoms with Crippen LogP contribution >= 0.6 is 34.4 Å². The first-order valence-corrected chi connectivity index (χ1v) is 13.4. The Kier molecular flexibility index (Phi) is 8.00. The molecule has 2 aromatic heterocycles. The monoisotopic (exact) mass is 499 g/mol. The van der Waals surface area contributed by atoms with E-state index in [1.807, 2.05) is 11.4 Å². The van der Waals surface area contributed by atoms with Crippen molar-refractivity contribution in [2.45, 2.75) is 34.4 Å². The van der Waals surface area contributed by atoms with E-state index in [-0.39, 0.29) is 23.7 Å². The number of rotatable bonds is 11. The van der Waals surface area contributed by atoms with Gasteiger partial charge in [-0.2, -0.15) is 4.31 Å². The van der Waals surface area contributed by atoms with Gasteiger partial charge in [0.2, 0.25) is 15.2 Å². The maximum atomic E-state index is 12.7. The number of nitrogens with zero attached hydrogens (tertiary/aromatic N) is 4. The highest BCUT2D eigenvalue weighted by molar-refractivity contribution is 8.01. The zero-order valence-electron chi connectivity index (χ0n) is 16.8. The fourth-order valence-electron chi connectivity index (χ4n) is 2.76. The molecular formula is C18H21N5O4S4. The Morgan fingerprint density at radius 1 is 1.23 bits per heavy atom. The third-order valence-electron chi connectivity index (χ3n) is 4.30. The molecule has 0 saturated heterocycles. The Bertz CT molecular complexity index is 1130. The number of nitro benzene ring substituents is 1. The molecule has 0 fully saturated rings. The molecule has 0 unspecified atom stereocenters. The first-order chi connectivity index (χ1) is 14.8. The minimum atomic E-state index is -3.79. The lowest BCUT2D eigenvalue weighted by atomic mass is 10.3. The van der Waals surface area contributed by atoms with E-state index in [0.29, 0.717) is 20.9 Å². The molecule has 0 spiro atoms. The van der Waals surface area contributed by atoms with E-state index in [9.17, 15) is 18.5 Å². The Morgan fingerprint density at radius 2 is 2.00 bits per heavy atom. The van der Waals surface area contributed by atoms with Gasteiger partial charge >= 0.3 is 0 Å². The minimum Gasteiger partial charge on any atom is -0.360 e. The number of benzene rings is 1. The van der Waals surface area contributed by atoms with E-state index in [4.69, 9.17) is 0 Å². The zero-order chi connectivity index (χ0) is 22.4. The maximum absolute atomic E-state index is 12.7. The van der Waals surface area contributed by atoms with Gasteiger partial charge in [-0.3, -0.25) is 10.1 Å². The largest absolute Gasteiger partial charge is 0.360 e. The molecule has 0 aliphatic heterocycles. The number of sulfonamides is 1. The van der Waals surface area contributed by atoms with E-state index in [1.165, 1.54) is 32.7 Å². The summed E-state index contributed by atoms with van der Waals surface area (Å²) in [7, 11) is -3.79. The van der Waals surface area contributed by atoms with Crippen LogP contribution in [0.1, 0.15) is 18.7 Å². The molecule has 0 radical (unpaired) electrons. The summed E-state index contributed by atoms with van der Waals surface area (Å²) in [6.07, 6.45) is 0.869. The molecule has 2 heterocycles. The second-order valence-corrected chi connectivity index (χ2v) is 11.4. The average Bonchev–Trinajstić information content (AvgIpc) is 3.41. The fraction of sp³-hybridized carbons (Fsp3) is 0.333. The van der Waals surface area contributed by atoms with Crippen molar-refractivity contribution in [1.29, 1.82) is 0 Å². The highest BCUT2D eigenvalue weighted by Gasteiger charge is 2.26. The molecule has 31 heavy (non-hydrogen) atoms. The predicted molar refractivity (Wildman–Crippen MR) is 124 cm³/mol. The van der Waals surface area contributed by atoms with Crippen molar-refractivity contribution in [2.24, 2.45) is 0 Å². The summed E-state index contributed by atoms with van der Waals surface area (Å²) in [4.78, 5) is 12.5. The summed E-state index contributed by atoms with van der Waals surface area (Å²) in [6.45, 7) is 4.73. The van der Waals surface area contributed by atoms with Crippen LogP contribution in [0.3, 0.4) is 0 Å². The number of hydrogen-bond donors (Lipinski definition) is 1. The van der Waals surface area contributed by atoms with Gasteiger partial charge in [0.05, 0.1) is 14.7 Å². The van der Waals surface area contributed by atoms with Crippen LogP contribution in [-0.4, -0.2) is 47.5 Å². The lowest BCUT2D eigenvalue weighted by Gasteiger charge is -2.18. The second-order valence-electron chi connectivity index (χ2n) is 6.21. The molecule has 3 aromatic rings. The van der Waals surface area contributed by atoms with Crippen molar-refractivity contribution in [3.8, 4) is 0 Å². The van der Waals surface area contributed by atoms with Crippen LogP contribution in [0.5, 0.6) is 0 Å². The topological polar surface area (TPSA) is 118 Å². The van der Waals surface area contributed by atoms with Crippen molar-refractivity contribution in [3.05, 3.63) is 50.7 Å². The normalized spacial score (nSPS) is 11.7. The van der Waals surface area contributed by atoms with Crippen molar-refractivity contribution >= 4 is 55.3 Å². The number of thiophene rings is 1. The number of aromatic nitrogens is 2. The highest BCUT2D eigenvalue weighted by Crippen LogP contribution is 2.38. The SMILES string of the molecule is CCN(CC)S(=O)(=O)c1ccc(Sc2nnc(NCCc3cccs3)s2)c([N+](=O)[O-])c1. The Balaban J connectivity index is 1.74. The van der Waals surface area contributed by atoms with Gasteiger partial charge in [0.25, 0.3) is 5.69 Å². The van der Waals surface area contributed by atoms with E-state index in [0.717, 1.165) is 24.2 Å². The third kappa shape index (κ3) is 5.80. The molecule has 0 atom stereocenters. The van der Waals surface area contributed by atoms with Crippen LogP contribution in [-0.2, 0) is 16.4 Å². The van der Waals surface area contributed by atoms with Gasteiger partial charge in [-0.25, -0.2) is 8.42 Å². The van der Waals surface area contributed by atoms with Gasteiger partial charge in [-0.15, -0.1) is 21.5 Å². The fourth-order valence-corrected chi connectivity index (χ4v) is 6.77. The van der Waals surface area contributed by atoms with Crippen molar-refractivity contribution in [3.63, 3.8) is 0 Å². The van der Waals surface area contributed by atoms with Crippen molar-refractivity contribution in [1.82, 2.24) is 14.5 Å². The van der Waals surface area contributed by atoms with Crippen LogP contribution in [0.15, 0.2) is 49.8 Å². The summed E-state index contributed by atoms with van der Waals surface area (Å²) in [6, 6.07) is 8.02. The highest BCUT2D eigenvalue weighted by atomic mass is 32.2. The summed E-state index contributed by atoms with van der Waals surface area (Å²) in [5.41, 5.74) is -0.277. The quantitative estimate of drug-likeness (QED) is 0.306. The average molecular weight is 500 g/mol. The summed E-state index contributed by atoms with van der Waals surface area (Å²) >= 11 is 4.07. The molecule has 0 saturated carbocycles. The van der Waals surface area contributed by atoms with Gasteiger partial charge in [0, 0.05) is 30.6 Å². The lowest BCUT2D eigenvalue weighted by molar-refractivity contribution is -0.388. The summed E-state index contributed by atoms with van der Waals surface area (Å²) in [5.74, 6) is 0. The van der Waals surface area contributed by atoms with Crippen LogP contribution in [0, 0.1) is 10.1 Å². The van der Waals surface area contributed by atoms with Crippen LogP contribution in [0.25, 0.3) is 0 Å². The smallest absolute Gasteiger partial charge is 0.284 e. The van der Waals surface area contributed by atoms with Gasteiger partial charge in [-0.1, -0.05) is 31.3 Å². The Morgan fingerprint density at radius 3 is 2.65 bits per heavy atom. The zero-order valence-corrected chi connectivity index (χ0v) is 20.1. The molecule has 9 nitrogen and oxygen atoms in total. The second kappa shape index (κ2) is 10.5. The molecule has 166 valence electrons. The molecular weight excluding hydrogens is 478 g/mol. The van der Waals surface area contributed by atoms with Gasteiger partial charge in [-0.05, 0) is 41.8 Å². The van der Waals surface area contributed by atoms with Gasteiger partial charge in [0.15, 0.2) is 4.34 Å². The van der Waals surface area contributed by atoms with E-state index in [2.05, 4.69) is 21.6 Å². The van der Waals surface area contributed by atoms with Gasteiger partial charge in [0.1, 0.15) is 0 Å². The number of anilines is 1. The molecule has 0 aliphatic rings. The molecule has 1 aromatic carbocycles. The minimum absolute atomic E-state index is 0.0968. The predicted octanol–water partition coefficient (Wildman–Crippen LogP) is 4.34. The molecule has 0 aliphatic carbocycles. The Hall–Kier alpha value is -2.06. The lowest BCUT2D eigenvalue weighted by Crippen LogP contribution is -2.30. The van der Waals surface area contributed by atoms with Crippen molar-refractivity contribution < 1.29 is 13.3 Å². The Labute approximate surface area is 192 Å². The molecule has 0 bridgehead atoms. The van der Waals surface area contributed by atoms with Crippen molar-refractivity contribution in [2.75, 3.05) is 25.0 Å². The van der Waals surface area contributed by atoms with Gasteiger partial charge < -0.3 is 5.32 Å². The maximum Gasteiger partial charge on any atom is 0.284 e. The van der Waals surface area contributed by atoms with Crippen LogP contribution < -0.4 is 5.32 Å². The number of hydrogen-bond acceptors (Lipinski definition) is 10. The van der Waals surface area contributed by atoms with E-state index in [1.54, 1.807) is 25.2 Å². The molecule has 13 heteroatoms. The summed E-state index contributed by atoms with van der Waals surface area (Å²) < 4.78 is 27.2. The first-order valence-electron chi connectivity index (χ1n) is 9.41. The first kappa shape index (κ1) is 23.6. The van der Waals surface area contributed by atoms with Crippen LogP contribution in [0.2, 0.25) is 0 Å². The number of nitrogens with one attached hydrogen (secondary N) is 1. The van der Waals surface area contributed by atoms with E-state index < -0.39 is 14.9 Å². The number of nitro groups is 1. The standard InChI is InChI=1S/C18H21N5O4S4/c1-3-22(4-2)31(26,27)14-7-8-16(15(12-14)23(24)25)29-18-21-20-17(30-18)19-10-9-13-6-5-11-28-13/h5-8,11-12H,3-4,9-10H2,1-2H3,(H,19,20). The molecule has 3 rings (SSSR count). The van der Waals surface area contributed by atoms with Crippen LogP contribution in [0.4, 0.5) is 10.8 Å². The van der Waals surface area contributed by atoms with E-state index >= 15 is 0 Å². The summed E-state index contributed by atoms with van der Waals surface area (Å²) in [5, 5.41) is 25.6. The third-order valence-corrected chi connectivity index (χ3v) is 9.28. The molecule has 0 amide bonds. The molecule has 1 N–H and O–H groups in total.